The molecule has 0 radical (unpaired) electrons. The van der Waals surface area contributed by atoms with E-state index in [9.17, 15) is 14.5 Å². The van der Waals surface area contributed by atoms with Crippen LogP contribution in [0.3, 0.4) is 0 Å². The summed E-state index contributed by atoms with van der Waals surface area (Å²) in [5, 5.41) is 18.0. The number of nitrogens with two attached hydrogens (primary N) is 1. The molecule has 0 saturated heterocycles. The van der Waals surface area contributed by atoms with Gasteiger partial charge in [0.1, 0.15) is 0 Å². The number of nitro groups is 1. The molecule has 18 heavy (non-hydrogen) atoms. The SMILES string of the molecule is CCc1c(N)nnn1-c1ccc([N+](=O)[O-])c(F)c1. The van der Waals surface area contributed by atoms with Crippen molar-refractivity contribution in [1.82, 2.24) is 15.0 Å². The summed E-state index contributed by atoms with van der Waals surface area (Å²) in [6.45, 7) is 1.85. The van der Waals surface area contributed by atoms with Gasteiger partial charge < -0.3 is 5.73 Å². The molecule has 1 aromatic heterocycles. The van der Waals surface area contributed by atoms with Crippen LogP contribution in [0.1, 0.15) is 12.6 Å². The number of hydrogen-bond acceptors (Lipinski definition) is 5. The largest absolute Gasteiger partial charge is 0.381 e. The second-order valence-electron chi connectivity index (χ2n) is 3.58. The smallest absolute Gasteiger partial charge is 0.304 e. The number of rotatable bonds is 3. The summed E-state index contributed by atoms with van der Waals surface area (Å²) in [5.74, 6) is -0.662. The number of hydrogen-bond donors (Lipinski definition) is 1. The van der Waals surface area contributed by atoms with Crippen molar-refractivity contribution in [2.45, 2.75) is 13.3 Å². The van der Waals surface area contributed by atoms with Gasteiger partial charge >= 0.3 is 5.69 Å². The molecular weight excluding hydrogens is 241 g/mol. The zero-order valence-electron chi connectivity index (χ0n) is 9.50. The molecule has 1 aromatic carbocycles. The topological polar surface area (TPSA) is 99.9 Å². The van der Waals surface area contributed by atoms with Crippen LogP contribution in [0.4, 0.5) is 15.9 Å². The maximum atomic E-state index is 13.5. The van der Waals surface area contributed by atoms with Crippen LogP contribution in [0.5, 0.6) is 0 Å². The van der Waals surface area contributed by atoms with Crippen molar-refractivity contribution >= 4 is 11.5 Å². The molecule has 0 spiro atoms. The molecule has 0 fully saturated rings. The second-order valence-corrected chi connectivity index (χ2v) is 3.58. The first-order valence-corrected chi connectivity index (χ1v) is 5.19. The van der Waals surface area contributed by atoms with E-state index in [-0.39, 0.29) is 5.82 Å². The predicted octanol–water partition coefficient (Wildman–Crippen LogP) is 1.46. The number of halogens is 1. The van der Waals surface area contributed by atoms with E-state index in [1.807, 2.05) is 6.92 Å². The normalized spacial score (nSPS) is 10.6. The summed E-state index contributed by atoms with van der Waals surface area (Å²) in [6.07, 6.45) is 0.567. The lowest BCUT2D eigenvalue weighted by molar-refractivity contribution is -0.387. The highest BCUT2D eigenvalue weighted by molar-refractivity contribution is 5.45. The van der Waals surface area contributed by atoms with Crippen LogP contribution >= 0.6 is 0 Å². The van der Waals surface area contributed by atoms with E-state index in [0.29, 0.717) is 17.8 Å². The Morgan fingerprint density at radius 1 is 1.56 bits per heavy atom. The van der Waals surface area contributed by atoms with Crippen molar-refractivity contribution in [3.05, 3.63) is 39.8 Å². The molecule has 0 aliphatic carbocycles. The highest BCUT2D eigenvalue weighted by Gasteiger charge is 2.16. The third-order valence-corrected chi connectivity index (χ3v) is 2.50. The molecule has 7 nitrogen and oxygen atoms in total. The summed E-state index contributed by atoms with van der Waals surface area (Å²) >= 11 is 0. The van der Waals surface area contributed by atoms with Crippen molar-refractivity contribution in [3.8, 4) is 5.69 Å². The minimum Gasteiger partial charge on any atom is -0.381 e. The van der Waals surface area contributed by atoms with Gasteiger partial charge in [0.15, 0.2) is 5.82 Å². The van der Waals surface area contributed by atoms with E-state index < -0.39 is 16.4 Å². The first-order valence-electron chi connectivity index (χ1n) is 5.19. The van der Waals surface area contributed by atoms with Gasteiger partial charge in [-0.05, 0) is 12.5 Å². The minimum atomic E-state index is -0.923. The van der Waals surface area contributed by atoms with E-state index in [1.165, 1.54) is 10.7 Å². The molecule has 0 unspecified atom stereocenters. The first-order chi connectivity index (χ1) is 8.54. The highest BCUT2D eigenvalue weighted by atomic mass is 19.1. The number of aromatic nitrogens is 3. The maximum Gasteiger partial charge on any atom is 0.304 e. The van der Waals surface area contributed by atoms with Crippen molar-refractivity contribution in [3.63, 3.8) is 0 Å². The number of nitrogen functional groups attached to an aromatic ring is 1. The van der Waals surface area contributed by atoms with Gasteiger partial charge in [-0.15, -0.1) is 5.10 Å². The maximum absolute atomic E-state index is 13.5. The molecule has 0 bridgehead atoms. The van der Waals surface area contributed by atoms with Crippen molar-refractivity contribution in [2.24, 2.45) is 0 Å². The van der Waals surface area contributed by atoms with Crippen molar-refractivity contribution in [1.29, 1.82) is 0 Å². The van der Waals surface area contributed by atoms with Gasteiger partial charge in [0.05, 0.1) is 16.3 Å². The van der Waals surface area contributed by atoms with Crippen molar-refractivity contribution in [2.75, 3.05) is 5.73 Å². The van der Waals surface area contributed by atoms with Gasteiger partial charge in [-0.25, -0.2) is 4.68 Å². The van der Waals surface area contributed by atoms with Crippen LogP contribution in [0.25, 0.3) is 5.69 Å². The Labute approximate surface area is 101 Å². The molecule has 2 aromatic rings. The molecule has 0 atom stereocenters. The Kier molecular flexibility index (Phi) is 2.92. The number of nitrogens with zero attached hydrogens (tertiary/aromatic N) is 4. The van der Waals surface area contributed by atoms with Crippen LogP contribution in [-0.4, -0.2) is 19.9 Å². The van der Waals surface area contributed by atoms with Gasteiger partial charge in [-0.1, -0.05) is 12.1 Å². The van der Waals surface area contributed by atoms with Crippen molar-refractivity contribution < 1.29 is 9.31 Å². The average Bonchev–Trinajstić information content (AvgIpc) is 2.69. The van der Waals surface area contributed by atoms with Crippen LogP contribution in [0.15, 0.2) is 18.2 Å². The Bertz CT molecular complexity index is 610. The van der Waals surface area contributed by atoms with E-state index >= 15 is 0 Å². The lowest BCUT2D eigenvalue weighted by Gasteiger charge is -2.04. The van der Waals surface area contributed by atoms with Gasteiger partial charge in [-0.3, -0.25) is 10.1 Å². The minimum absolute atomic E-state index is 0.260. The van der Waals surface area contributed by atoms with Gasteiger partial charge in [-0.2, -0.15) is 4.39 Å². The van der Waals surface area contributed by atoms with E-state index in [1.54, 1.807) is 0 Å². The zero-order valence-corrected chi connectivity index (χ0v) is 9.50. The standard InChI is InChI=1S/C10H10FN5O2/c1-2-8-10(12)13-14-15(8)6-3-4-9(16(17)18)7(11)5-6/h3-5H,2,12H2,1H3. The number of nitro benzene ring substituents is 1. The fourth-order valence-electron chi connectivity index (χ4n) is 1.63. The summed E-state index contributed by atoms with van der Waals surface area (Å²) < 4.78 is 14.9. The van der Waals surface area contributed by atoms with Crippen LogP contribution in [-0.2, 0) is 6.42 Å². The molecule has 1 heterocycles. The van der Waals surface area contributed by atoms with Gasteiger partial charge in [0, 0.05) is 12.1 Å². The Hall–Kier alpha value is -2.51. The second kappa shape index (κ2) is 4.40. The van der Waals surface area contributed by atoms with Crippen LogP contribution < -0.4 is 5.73 Å². The lowest BCUT2D eigenvalue weighted by Crippen LogP contribution is -2.04. The van der Waals surface area contributed by atoms with Crippen LogP contribution in [0.2, 0.25) is 0 Å². The zero-order chi connectivity index (χ0) is 13.3. The third-order valence-electron chi connectivity index (χ3n) is 2.50. The average molecular weight is 251 g/mol. The molecule has 8 heteroatoms. The number of anilines is 1. The summed E-state index contributed by atoms with van der Waals surface area (Å²) in [7, 11) is 0. The summed E-state index contributed by atoms with van der Waals surface area (Å²) in [5.41, 5.74) is 6.00. The summed E-state index contributed by atoms with van der Waals surface area (Å²) in [6, 6.07) is 3.52. The third kappa shape index (κ3) is 1.88. The monoisotopic (exact) mass is 251 g/mol. The van der Waals surface area contributed by atoms with E-state index in [2.05, 4.69) is 10.3 Å². The molecule has 0 aliphatic rings. The fourth-order valence-corrected chi connectivity index (χ4v) is 1.63. The molecule has 2 rings (SSSR count). The fraction of sp³-hybridized carbons (Fsp3) is 0.200. The summed E-state index contributed by atoms with van der Waals surface area (Å²) in [4.78, 5) is 9.73. The molecule has 0 amide bonds. The van der Waals surface area contributed by atoms with E-state index in [0.717, 1.165) is 12.1 Å². The quantitative estimate of drug-likeness (QED) is 0.657. The van der Waals surface area contributed by atoms with Gasteiger partial charge in [0.2, 0.25) is 5.82 Å². The first kappa shape index (κ1) is 12.0. The molecule has 0 saturated carbocycles. The predicted molar refractivity (Wildman–Crippen MR) is 61.8 cm³/mol. The van der Waals surface area contributed by atoms with Crippen LogP contribution in [0, 0.1) is 15.9 Å². The highest BCUT2D eigenvalue weighted by Crippen LogP contribution is 2.22. The van der Waals surface area contributed by atoms with E-state index in [4.69, 9.17) is 5.73 Å². The molecule has 94 valence electrons. The molecular formula is C10H10FN5O2. The molecule has 0 aliphatic heterocycles. The Morgan fingerprint density at radius 3 is 2.83 bits per heavy atom. The Balaban J connectivity index is 2.52. The Morgan fingerprint density at radius 2 is 2.28 bits per heavy atom. The molecule has 2 N–H and O–H groups in total. The lowest BCUT2D eigenvalue weighted by atomic mass is 10.2. The number of benzene rings is 1. The van der Waals surface area contributed by atoms with Gasteiger partial charge in [0.25, 0.3) is 0 Å².